The molecule has 0 amide bonds. The van der Waals surface area contributed by atoms with Gasteiger partial charge >= 0.3 is 0 Å². The minimum absolute atomic E-state index is 0.273. The van der Waals surface area contributed by atoms with Crippen LogP contribution in [0.25, 0.3) is 0 Å². The first-order valence-electron chi connectivity index (χ1n) is 5.87. The van der Waals surface area contributed by atoms with Crippen molar-refractivity contribution >= 4 is 15.7 Å². The van der Waals surface area contributed by atoms with Crippen molar-refractivity contribution in [3.63, 3.8) is 0 Å². The van der Waals surface area contributed by atoms with Gasteiger partial charge in [0.2, 0.25) is 10.0 Å². The van der Waals surface area contributed by atoms with Crippen LogP contribution in [-0.4, -0.2) is 26.8 Å². The molecule has 1 aromatic carbocycles. The lowest BCUT2D eigenvalue weighted by molar-refractivity contribution is 0.499. The van der Waals surface area contributed by atoms with E-state index in [1.807, 2.05) is 19.1 Å². The Labute approximate surface area is 102 Å². The van der Waals surface area contributed by atoms with Crippen molar-refractivity contribution in [2.75, 3.05) is 17.8 Å². The molecule has 0 spiro atoms. The molecule has 0 bridgehead atoms. The van der Waals surface area contributed by atoms with Crippen LogP contribution < -0.4 is 10.0 Å². The van der Waals surface area contributed by atoms with Crippen molar-refractivity contribution < 1.29 is 8.42 Å². The molecule has 1 aliphatic heterocycles. The Hall–Kier alpha value is -1.07. The van der Waals surface area contributed by atoms with Gasteiger partial charge in [-0.1, -0.05) is 17.7 Å². The van der Waals surface area contributed by atoms with Gasteiger partial charge in [0.15, 0.2) is 0 Å². The van der Waals surface area contributed by atoms with Crippen LogP contribution in [0.5, 0.6) is 0 Å². The molecule has 2 N–H and O–H groups in total. The summed E-state index contributed by atoms with van der Waals surface area (Å²) in [5, 5.41) is 2.89. The maximum absolute atomic E-state index is 12.1. The van der Waals surface area contributed by atoms with Gasteiger partial charge in [-0.15, -0.1) is 0 Å². The number of sulfonamides is 1. The lowest BCUT2D eigenvalue weighted by Crippen LogP contribution is -2.38. The molecule has 2 rings (SSSR count). The lowest BCUT2D eigenvalue weighted by atomic mass is 10.2. The van der Waals surface area contributed by atoms with E-state index < -0.39 is 10.0 Å². The number of hydrogen-bond acceptors (Lipinski definition) is 3. The van der Waals surface area contributed by atoms with E-state index in [0.29, 0.717) is 18.5 Å². The van der Waals surface area contributed by atoms with Crippen LogP contribution in [0, 0.1) is 6.92 Å². The number of aryl methyl sites for hydroxylation is 1. The molecule has 1 fully saturated rings. The van der Waals surface area contributed by atoms with Crippen LogP contribution in [-0.2, 0) is 10.0 Å². The molecule has 0 unspecified atom stereocenters. The number of piperidine rings is 1. The highest BCUT2D eigenvalue weighted by Crippen LogP contribution is 2.17. The highest BCUT2D eigenvalue weighted by Gasteiger charge is 2.26. The zero-order chi connectivity index (χ0) is 12.3. The molecule has 5 heteroatoms. The summed E-state index contributed by atoms with van der Waals surface area (Å²) in [7, 11) is -3.24. The largest absolute Gasteiger partial charge is 0.317 e. The Morgan fingerprint density at radius 3 is 2.35 bits per heavy atom. The molecule has 1 saturated heterocycles. The van der Waals surface area contributed by atoms with Crippen LogP contribution in [0.2, 0.25) is 0 Å². The van der Waals surface area contributed by atoms with E-state index in [1.165, 1.54) is 0 Å². The summed E-state index contributed by atoms with van der Waals surface area (Å²) >= 11 is 0. The summed E-state index contributed by atoms with van der Waals surface area (Å²) < 4.78 is 26.9. The van der Waals surface area contributed by atoms with Gasteiger partial charge in [0.05, 0.1) is 5.25 Å². The summed E-state index contributed by atoms with van der Waals surface area (Å²) in [6.45, 7) is 3.53. The van der Waals surface area contributed by atoms with Gasteiger partial charge in [0.25, 0.3) is 0 Å². The maximum atomic E-state index is 12.1. The van der Waals surface area contributed by atoms with Gasteiger partial charge < -0.3 is 5.32 Å². The van der Waals surface area contributed by atoms with E-state index in [0.717, 1.165) is 18.7 Å². The molecule has 1 aliphatic rings. The Morgan fingerprint density at radius 2 is 1.76 bits per heavy atom. The smallest absolute Gasteiger partial charge is 0.235 e. The standard InChI is InChI=1S/C12H18N2O2S/c1-10-2-4-11(5-3-10)14-17(15,16)12-6-8-13-9-7-12/h2-5,12-14H,6-9H2,1H3. The van der Waals surface area contributed by atoms with Gasteiger partial charge in [0, 0.05) is 5.69 Å². The van der Waals surface area contributed by atoms with Crippen LogP contribution in [0.3, 0.4) is 0 Å². The average Bonchev–Trinajstić information content (AvgIpc) is 2.33. The quantitative estimate of drug-likeness (QED) is 0.859. The van der Waals surface area contributed by atoms with E-state index in [9.17, 15) is 8.42 Å². The van der Waals surface area contributed by atoms with Gasteiger partial charge in [-0.05, 0) is 45.0 Å². The van der Waals surface area contributed by atoms with E-state index in [4.69, 9.17) is 0 Å². The van der Waals surface area contributed by atoms with E-state index >= 15 is 0 Å². The lowest BCUT2D eigenvalue weighted by Gasteiger charge is -2.23. The zero-order valence-corrected chi connectivity index (χ0v) is 10.8. The second-order valence-electron chi connectivity index (χ2n) is 4.46. The van der Waals surface area contributed by atoms with Crippen molar-refractivity contribution in [1.29, 1.82) is 0 Å². The third-order valence-corrected chi connectivity index (χ3v) is 4.91. The fraction of sp³-hybridized carbons (Fsp3) is 0.500. The molecule has 0 atom stereocenters. The number of rotatable bonds is 3. The van der Waals surface area contributed by atoms with Gasteiger partial charge in [-0.25, -0.2) is 8.42 Å². The van der Waals surface area contributed by atoms with Crippen molar-refractivity contribution in [2.24, 2.45) is 0 Å². The minimum Gasteiger partial charge on any atom is -0.317 e. The monoisotopic (exact) mass is 254 g/mol. The highest BCUT2D eigenvalue weighted by atomic mass is 32.2. The first-order chi connectivity index (χ1) is 8.08. The van der Waals surface area contributed by atoms with E-state index in [1.54, 1.807) is 12.1 Å². The van der Waals surface area contributed by atoms with Crippen molar-refractivity contribution in [1.82, 2.24) is 5.32 Å². The topological polar surface area (TPSA) is 58.2 Å². The van der Waals surface area contributed by atoms with Crippen molar-refractivity contribution in [3.8, 4) is 0 Å². The summed E-state index contributed by atoms with van der Waals surface area (Å²) in [5.41, 5.74) is 1.77. The van der Waals surface area contributed by atoms with E-state index in [2.05, 4.69) is 10.0 Å². The molecule has 0 aliphatic carbocycles. The van der Waals surface area contributed by atoms with Gasteiger partial charge in [-0.2, -0.15) is 0 Å². The molecule has 0 radical (unpaired) electrons. The third-order valence-electron chi connectivity index (χ3n) is 3.04. The van der Waals surface area contributed by atoms with Crippen molar-refractivity contribution in [2.45, 2.75) is 25.0 Å². The Balaban J connectivity index is 2.08. The average molecular weight is 254 g/mol. The molecule has 1 heterocycles. The predicted octanol–water partition coefficient (Wildman–Crippen LogP) is 1.49. The molecule has 0 saturated carbocycles. The van der Waals surface area contributed by atoms with E-state index in [-0.39, 0.29) is 5.25 Å². The van der Waals surface area contributed by atoms with Crippen LogP contribution in [0.15, 0.2) is 24.3 Å². The fourth-order valence-electron chi connectivity index (χ4n) is 1.97. The molecular weight excluding hydrogens is 236 g/mol. The maximum Gasteiger partial charge on any atom is 0.235 e. The fourth-order valence-corrected chi connectivity index (χ4v) is 3.46. The Morgan fingerprint density at radius 1 is 1.18 bits per heavy atom. The van der Waals surface area contributed by atoms with Gasteiger partial charge in [-0.3, -0.25) is 4.72 Å². The summed E-state index contributed by atoms with van der Waals surface area (Å²) in [5.74, 6) is 0. The normalized spacial score (nSPS) is 17.9. The summed E-state index contributed by atoms with van der Waals surface area (Å²) in [6.07, 6.45) is 1.36. The predicted molar refractivity (Wildman–Crippen MR) is 69.6 cm³/mol. The summed E-state index contributed by atoms with van der Waals surface area (Å²) in [4.78, 5) is 0. The number of nitrogens with one attached hydrogen (secondary N) is 2. The van der Waals surface area contributed by atoms with Crippen LogP contribution in [0.1, 0.15) is 18.4 Å². The first-order valence-corrected chi connectivity index (χ1v) is 7.41. The summed E-state index contributed by atoms with van der Waals surface area (Å²) in [6, 6.07) is 7.41. The van der Waals surface area contributed by atoms with Crippen LogP contribution in [0.4, 0.5) is 5.69 Å². The zero-order valence-electron chi connectivity index (χ0n) is 9.94. The highest BCUT2D eigenvalue weighted by molar-refractivity contribution is 7.93. The molecule has 94 valence electrons. The Bertz CT molecular complexity index is 462. The second-order valence-corrected chi connectivity index (χ2v) is 6.42. The second kappa shape index (κ2) is 5.06. The molecule has 0 aromatic heterocycles. The molecular formula is C12H18N2O2S. The third kappa shape index (κ3) is 3.20. The first kappa shape index (κ1) is 12.4. The molecule has 4 nitrogen and oxygen atoms in total. The molecule has 17 heavy (non-hydrogen) atoms. The minimum atomic E-state index is -3.24. The van der Waals surface area contributed by atoms with Gasteiger partial charge in [0.1, 0.15) is 0 Å². The number of anilines is 1. The molecule has 1 aromatic rings. The van der Waals surface area contributed by atoms with Crippen molar-refractivity contribution in [3.05, 3.63) is 29.8 Å². The number of benzene rings is 1. The SMILES string of the molecule is Cc1ccc(NS(=O)(=O)C2CCNCC2)cc1. The number of hydrogen-bond donors (Lipinski definition) is 2. The van der Waals surface area contributed by atoms with Crippen LogP contribution >= 0.6 is 0 Å². The Kier molecular flexibility index (Phi) is 3.69.